The average molecular weight is 343 g/mol. The minimum Gasteiger partial charge on any atom is -0.378 e. The van der Waals surface area contributed by atoms with Crippen molar-refractivity contribution in [3.05, 3.63) is 36.3 Å². The molecule has 1 aromatic heterocycles. The topological polar surface area (TPSA) is 45.7 Å². The third kappa shape index (κ3) is 3.18. The maximum Gasteiger partial charge on any atom is 0.227 e. The monoisotopic (exact) mass is 343 g/mol. The highest BCUT2D eigenvalue weighted by molar-refractivity contribution is 5.92. The standard InChI is InChI=1S/C19H22FN3O2/c20-16-5-1-4-15-17(6-7-21-18(15)16)23-8-2-3-14(13-23)19(24)22-9-11-25-12-10-22/h1,4-7,14H,2-3,8-13H2/t14-/m0/s1. The molecule has 0 unspecified atom stereocenters. The number of carbonyl (C=O) groups excluding carboxylic acids is 1. The van der Waals surface area contributed by atoms with E-state index in [2.05, 4.69) is 9.88 Å². The number of benzene rings is 1. The second kappa shape index (κ2) is 6.96. The van der Waals surface area contributed by atoms with Crippen molar-refractivity contribution in [2.24, 2.45) is 5.92 Å². The summed E-state index contributed by atoms with van der Waals surface area (Å²) in [4.78, 5) is 21.1. The van der Waals surface area contributed by atoms with Gasteiger partial charge < -0.3 is 14.5 Å². The number of amides is 1. The van der Waals surface area contributed by atoms with Crippen LogP contribution in [0.25, 0.3) is 10.9 Å². The maximum atomic E-state index is 14.0. The van der Waals surface area contributed by atoms with Crippen molar-refractivity contribution >= 4 is 22.5 Å². The zero-order chi connectivity index (χ0) is 17.2. The molecule has 0 N–H and O–H groups in total. The number of piperidine rings is 1. The van der Waals surface area contributed by atoms with Crippen molar-refractivity contribution in [1.82, 2.24) is 9.88 Å². The summed E-state index contributed by atoms with van der Waals surface area (Å²) >= 11 is 0. The van der Waals surface area contributed by atoms with Gasteiger partial charge in [0.1, 0.15) is 11.3 Å². The van der Waals surface area contributed by atoms with E-state index < -0.39 is 0 Å². The van der Waals surface area contributed by atoms with Crippen LogP contribution in [0.2, 0.25) is 0 Å². The first-order valence-corrected chi connectivity index (χ1v) is 8.89. The number of halogens is 1. The van der Waals surface area contributed by atoms with Crippen LogP contribution in [0.3, 0.4) is 0 Å². The molecule has 0 saturated carbocycles. The summed E-state index contributed by atoms with van der Waals surface area (Å²) in [6, 6.07) is 6.96. The van der Waals surface area contributed by atoms with Crippen molar-refractivity contribution in [3.8, 4) is 0 Å². The van der Waals surface area contributed by atoms with Crippen LogP contribution in [0.5, 0.6) is 0 Å². The first-order valence-electron chi connectivity index (χ1n) is 8.89. The third-order valence-electron chi connectivity index (χ3n) is 5.13. The van der Waals surface area contributed by atoms with Crippen LogP contribution in [0.4, 0.5) is 10.1 Å². The van der Waals surface area contributed by atoms with Crippen molar-refractivity contribution in [3.63, 3.8) is 0 Å². The van der Waals surface area contributed by atoms with Crippen LogP contribution in [-0.2, 0) is 9.53 Å². The largest absolute Gasteiger partial charge is 0.378 e. The van der Waals surface area contributed by atoms with Gasteiger partial charge in [-0.25, -0.2) is 4.39 Å². The molecule has 2 aromatic rings. The van der Waals surface area contributed by atoms with Crippen LogP contribution in [0.1, 0.15) is 12.8 Å². The molecule has 3 heterocycles. The van der Waals surface area contributed by atoms with E-state index in [-0.39, 0.29) is 17.6 Å². The molecule has 4 rings (SSSR count). The Kier molecular flexibility index (Phi) is 4.53. The summed E-state index contributed by atoms with van der Waals surface area (Å²) in [5, 5.41) is 0.807. The number of aromatic nitrogens is 1. The second-order valence-corrected chi connectivity index (χ2v) is 6.69. The minimum atomic E-state index is -0.308. The Morgan fingerprint density at radius 1 is 1.20 bits per heavy atom. The number of anilines is 1. The molecule has 6 heteroatoms. The number of rotatable bonds is 2. The van der Waals surface area contributed by atoms with Crippen molar-refractivity contribution in [2.75, 3.05) is 44.3 Å². The Bertz CT molecular complexity index is 776. The summed E-state index contributed by atoms with van der Waals surface area (Å²) in [6.07, 6.45) is 3.51. The van der Waals surface area contributed by atoms with Gasteiger partial charge in [-0.15, -0.1) is 0 Å². The van der Waals surface area contributed by atoms with Gasteiger partial charge in [-0.05, 0) is 25.0 Å². The lowest BCUT2D eigenvalue weighted by molar-refractivity contribution is -0.139. The van der Waals surface area contributed by atoms with Gasteiger partial charge in [0.2, 0.25) is 5.91 Å². The SMILES string of the molecule is O=C([C@H]1CCCN(c2ccnc3c(F)cccc23)C1)N1CCOCC1. The fraction of sp³-hybridized carbons (Fsp3) is 0.474. The molecule has 132 valence electrons. The lowest BCUT2D eigenvalue weighted by Gasteiger charge is -2.37. The number of fused-ring (bicyclic) bond motifs is 1. The van der Waals surface area contributed by atoms with E-state index in [4.69, 9.17) is 4.74 Å². The lowest BCUT2D eigenvalue weighted by Crippen LogP contribution is -2.48. The van der Waals surface area contributed by atoms with Crippen LogP contribution in [0.15, 0.2) is 30.5 Å². The Morgan fingerprint density at radius 3 is 2.88 bits per heavy atom. The highest BCUT2D eigenvalue weighted by Gasteiger charge is 2.30. The van der Waals surface area contributed by atoms with Gasteiger partial charge in [0.15, 0.2) is 0 Å². The van der Waals surface area contributed by atoms with Gasteiger partial charge in [0.05, 0.1) is 19.1 Å². The number of carbonyl (C=O) groups is 1. The summed E-state index contributed by atoms with van der Waals surface area (Å²) < 4.78 is 19.4. The Hall–Kier alpha value is -2.21. The molecule has 2 aliphatic rings. The van der Waals surface area contributed by atoms with Gasteiger partial charge in [0.25, 0.3) is 0 Å². The summed E-state index contributed by atoms with van der Waals surface area (Å²) in [5.41, 5.74) is 1.35. The van der Waals surface area contributed by atoms with E-state index in [1.165, 1.54) is 6.07 Å². The third-order valence-corrected chi connectivity index (χ3v) is 5.13. The predicted octanol–water partition coefficient (Wildman–Crippen LogP) is 2.45. The van der Waals surface area contributed by atoms with E-state index in [0.717, 1.165) is 30.5 Å². The highest BCUT2D eigenvalue weighted by atomic mass is 19.1. The fourth-order valence-electron chi connectivity index (χ4n) is 3.84. The average Bonchev–Trinajstić information content (AvgIpc) is 2.68. The molecule has 1 amide bonds. The van der Waals surface area contributed by atoms with Crippen molar-refractivity contribution < 1.29 is 13.9 Å². The molecule has 2 saturated heterocycles. The van der Waals surface area contributed by atoms with E-state index in [0.29, 0.717) is 38.4 Å². The molecule has 25 heavy (non-hydrogen) atoms. The molecule has 0 aliphatic carbocycles. The van der Waals surface area contributed by atoms with Crippen LogP contribution in [0, 0.1) is 11.7 Å². The van der Waals surface area contributed by atoms with E-state index in [1.807, 2.05) is 17.0 Å². The molecule has 0 bridgehead atoms. The van der Waals surface area contributed by atoms with E-state index >= 15 is 0 Å². The highest BCUT2D eigenvalue weighted by Crippen LogP contribution is 2.30. The molecular weight excluding hydrogens is 321 g/mol. The number of hydrogen-bond donors (Lipinski definition) is 0. The number of para-hydroxylation sites is 1. The van der Waals surface area contributed by atoms with Gasteiger partial charge >= 0.3 is 0 Å². The van der Waals surface area contributed by atoms with E-state index in [9.17, 15) is 9.18 Å². The van der Waals surface area contributed by atoms with Crippen molar-refractivity contribution in [2.45, 2.75) is 12.8 Å². The van der Waals surface area contributed by atoms with Crippen molar-refractivity contribution in [1.29, 1.82) is 0 Å². The summed E-state index contributed by atoms with van der Waals surface area (Å²) in [5.74, 6) is -0.0986. The predicted molar refractivity (Wildman–Crippen MR) is 94.0 cm³/mol. The van der Waals surface area contributed by atoms with Crippen LogP contribution in [-0.4, -0.2) is 55.2 Å². The van der Waals surface area contributed by atoms with Crippen LogP contribution >= 0.6 is 0 Å². The Balaban J connectivity index is 1.57. The molecule has 1 atom stereocenters. The Morgan fingerprint density at radius 2 is 2.04 bits per heavy atom. The Labute approximate surface area is 146 Å². The number of hydrogen-bond acceptors (Lipinski definition) is 4. The molecule has 5 nitrogen and oxygen atoms in total. The van der Waals surface area contributed by atoms with Gasteiger partial charge in [0, 0.05) is 43.4 Å². The molecule has 2 aliphatic heterocycles. The lowest BCUT2D eigenvalue weighted by atomic mass is 9.95. The molecule has 1 aromatic carbocycles. The number of morpholine rings is 1. The van der Waals surface area contributed by atoms with Gasteiger partial charge in [-0.1, -0.05) is 12.1 Å². The molecule has 0 spiro atoms. The normalized spacial score (nSPS) is 21.6. The zero-order valence-corrected chi connectivity index (χ0v) is 14.2. The number of nitrogens with zero attached hydrogens (tertiary/aromatic N) is 3. The number of ether oxygens (including phenoxy) is 1. The quantitative estimate of drug-likeness (QED) is 0.840. The zero-order valence-electron chi connectivity index (χ0n) is 14.2. The first-order chi connectivity index (χ1) is 12.2. The smallest absolute Gasteiger partial charge is 0.227 e. The number of pyridine rings is 1. The second-order valence-electron chi connectivity index (χ2n) is 6.69. The van der Waals surface area contributed by atoms with E-state index in [1.54, 1.807) is 12.3 Å². The maximum absolute atomic E-state index is 14.0. The van der Waals surface area contributed by atoms with Gasteiger partial charge in [-0.3, -0.25) is 9.78 Å². The molecule has 2 fully saturated rings. The molecule has 0 radical (unpaired) electrons. The fourth-order valence-corrected chi connectivity index (χ4v) is 3.84. The van der Waals surface area contributed by atoms with Gasteiger partial charge in [-0.2, -0.15) is 0 Å². The molecular formula is C19H22FN3O2. The summed E-state index contributed by atoms with van der Waals surface area (Å²) in [7, 11) is 0. The van der Waals surface area contributed by atoms with Crippen LogP contribution < -0.4 is 4.90 Å². The first kappa shape index (κ1) is 16.3. The minimum absolute atomic E-state index is 0.0105. The summed E-state index contributed by atoms with van der Waals surface area (Å²) in [6.45, 7) is 4.15.